The molecule has 2 rings (SSSR count). The Hall–Kier alpha value is -1.40. The van der Waals surface area contributed by atoms with Crippen LogP contribution in [0.3, 0.4) is 0 Å². The van der Waals surface area contributed by atoms with Crippen LogP contribution in [0, 0.1) is 0 Å². The van der Waals surface area contributed by atoms with Gasteiger partial charge in [-0.2, -0.15) is 0 Å². The van der Waals surface area contributed by atoms with Crippen LogP contribution in [-0.2, 0) is 0 Å². The van der Waals surface area contributed by atoms with Crippen LogP contribution < -0.4 is 10.6 Å². The Morgan fingerprint density at radius 3 is 3.00 bits per heavy atom. The summed E-state index contributed by atoms with van der Waals surface area (Å²) < 4.78 is 0.790. The Morgan fingerprint density at radius 2 is 2.33 bits per heavy atom. The van der Waals surface area contributed by atoms with Crippen molar-refractivity contribution in [3.8, 4) is 0 Å². The second kappa shape index (κ2) is 7.56. The summed E-state index contributed by atoms with van der Waals surface area (Å²) in [5.41, 5.74) is 0.557. The highest BCUT2D eigenvalue weighted by Crippen LogP contribution is 2.21. The maximum Gasteiger partial charge on any atom is 0.255 e. The highest BCUT2D eigenvalue weighted by molar-refractivity contribution is 9.10. The monoisotopic (exact) mass is 367 g/mol. The Bertz CT molecular complexity index is 601. The number of thiophene rings is 1. The van der Waals surface area contributed by atoms with Crippen molar-refractivity contribution in [2.24, 2.45) is 0 Å². The standard InChI is InChI=1S/C15H18BrN3OS/c1-3-6-17-14-12(8-11(16)9-18-14)15(20)19-10(2)13-5-4-7-21-13/h4-5,7-10H,3,6H2,1-2H3,(H,17,18)(H,19,20). The Labute approximate surface area is 137 Å². The molecule has 0 spiro atoms. The summed E-state index contributed by atoms with van der Waals surface area (Å²) >= 11 is 5.00. The molecule has 1 unspecified atom stereocenters. The van der Waals surface area contributed by atoms with E-state index >= 15 is 0 Å². The molecule has 21 heavy (non-hydrogen) atoms. The van der Waals surface area contributed by atoms with Gasteiger partial charge in [0.2, 0.25) is 0 Å². The van der Waals surface area contributed by atoms with E-state index in [0.29, 0.717) is 11.4 Å². The smallest absolute Gasteiger partial charge is 0.255 e. The number of anilines is 1. The molecule has 6 heteroatoms. The molecule has 0 saturated carbocycles. The summed E-state index contributed by atoms with van der Waals surface area (Å²) in [7, 11) is 0. The molecule has 1 atom stereocenters. The van der Waals surface area contributed by atoms with Gasteiger partial charge >= 0.3 is 0 Å². The first kappa shape index (κ1) is 16.0. The van der Waals surface area contributed by atoms with Gasteiger partial charge in [0.15, 0.2) is 0 Å². The van der Waals surface area contributed by atoms with Gasteiger partial charge < -0.3 is 10.6 Å². The summed E-state index contributed by atoms with van der Waals surface area (Å²) in [5, 5.41) is 8.21. The van der Waals surface area contributed by atoms with Gasteiger partial charge in [0.1, 0.15) is 5.82 Å². The van der Waals surface area contributed by atoms with E-state index < -0.39 is 0 Å². The van der Waals surface area contributed by atoms with E-state index in [1.54, 1.807) is 23.6 Å². The van der Waals surface area contributed by atoms with Crippen LogP contribution in [0.5, 0.6) is 0 Å². The molecule has 2 N–H and O–H groups in total. The van der Waals surface area contributed by atoms with E-state index in [1.807, 2.05) is 24.4 Å². The van der Waals surface area contributed by atoms with Gasteiger partial charge in [-0.05, 0) is 46.8 Å². The molecule has 2 aromatic rings. The zero-order chi connectivity index (χ0) is 15.2. The molecule has 0 radical (unpaired) electrons. The lowest BCUT2D eigenvalue weighted by Crippen LogP contribution is -2.27. The average molecular weight is 368 g/mol. The van der Waals surface area contributed by atoms with Gasteiger partial charge in [-0.1, -0.05) is 13.0 Å². The SMILES string of the molecule is CCCNc1ncc(Br)cc1C(=O)NC(C)c1cccs1. The molecular formula is C15H18BrN3OS. The van der Waals surface area contributed by atoms with Gasteiger partial charge in [0.25, 0.3) is 5.91 Å². The molecule has 0 aliphatic carbocycles. The number of hydrogen-bond donors (Lipinski definition) is 2. The largest absolute Gasteiger partial charge is 0.369 e. The number of aromatic nitrogens is 1. The van der Waals surface area contributed by atoms with Crippen LogP contribution in [0.1, 0.15) is 41.5 Å². The molecule has 0 bridgehead atoms. The number of halogens is 1. The van der Waals surface area contributed by atoms with Gasteiger partial charge in [-0.15, -0.1) is 11.3 Å². The van der Waals surface area contributed by atoms with Gasteiger partial charge in [-0.3, -0.25) is 4.79 Å². The second-order valence-electron chi connectivity index (χ2n) is 4.69. The number of nitrogens with zero attached hydrogens (tertiary/aromatic N) is 1. The summed E-state index contributed by atoms with van der Waals surface area (Å²) in [6.45, 7) is 4.84. The van der Waals surface area contributed by atoms with E-state index in [4.69, 9.17) is 0 Å². The molecule has 0 aliphatic heterocycles. The van der Waals surface area contributed by atoms with Crippen molar-refractivity contribution in [3.05, 3.63) is 44.7 Å². The molecule has 1 amide bonds. The van der Waals surface area contributed by atoms with Crippen molar-refractivity contribution in [1.82, 2.24) is 10.3 Å². The Kier molecular flexibility index (Phi) is 5.76. The van der Waals surface area contributed by atoms with Crippen molar-refractivity contribution in [3.63, 3.8) is 0 Å². The maximum absolute atomic E-state index is 12.5. The van der Waals surface area contributed by atoms with Crippen molar-refractivity contribution in [1.29, 1.82) is 0 Å². The second-order valence-corrected chi connectivity index (χ2v) is 6.58. The molecule has 2 aromatic heterocycles. The number of amides is 1. The van der Waals surface area contributed by atoms with Gasteiger partial charge in [0.05, 0.1) is 11.6 Å². The minimum atomic E-state index is -0.122. The lowest BCUT2D eigenvalue weighted by molar-refractivity contribution is 0.0941. The number of hydrogen-bond acceptors (Lipinski definition) is 4. The first-order valence-corrected chi connectivity index (χ1v) is 8.52. The lowest BCUT2D eigenvalue weighted by atomic mass is 10.2. The number of pyridine rings is 1. The fourth-order valence-electron chi connectivity index (χ4n) is 1.88. The van der Waals surface area contributed by atoms with Crippen molar-refractivity contribution < 1.29 is 4.79 Å². The Balaban J connectivity index is 2.15. The fourth-order valence-corrected chi connectivity index (χ4v) is 2.95. The van der Waals surface area contributed by atoms with E-state index in [1.165, 1.54) is 0 Å². The van der Waals surface area contributed by atoms with Crippen molar-refractivity contribution in [2.75, 3.05) is 11.9 Å². The molecule has 0 aromatic carbocycles. The molecule has 4 nitrogen and oxygen atoms in total. The Morgan fingerprint density at radius 1 is 1.52 bits per heavy atom. The summed E-state index contributed by atoms with van der Waals surface area (Å²) in [4.78, 5) is 17.9. The van der Waals surface area contributed by atoms with E-state index in [-0.39, 0.29) is 11.9 Å². The first-order valence-electron chi connectivity index (χ1n) is 6.85. The van der Waals surface area contributed by atoms with Crippen LogP contribution in [-0.4, -0.2) is 17.4 Å². The first-order chi connectivity index (χ1) is 10.1. The highest BCUT2D eigenvalue weighted by Gasteiger charge is 2.16. The zero-order valence-corrected chi connectivity index (χ0v) is 14.4. The number of rotatable bonds is 6. The predicted octanol–water partition coefficient (Wildman–Crippen LogP) is 4.22. The van der Waals surface area contributed by atoms with E-state index in [9.17, 15) is 4.79 Å². The molecular weight excluding hydrogens is 350 g/mol. The summed E-state index contributed by atoms with van der Waals surface area (Å²) in [6.07, 6.45) is 2.67. The third-order valence-corrected chi connectivity index (χ3v) is 4.45. The van der Waals surface area contributed by atoms with Gasteiger partial charge in [0, 0.05) is 22.1 Å². The van der Waals surface area contributed by atoms with Crippen molar-refractivity contribution in [2.45, 2.75) is 26.3 Å². The summed E-state index contributed by atoms with van der Waals surface area (Å²) in [6, 6.07) is 5.78. The third-order valence-electron chi connectivity index (χ3n) is 2.96. The highest BCUT2D eigenvalue weighted by atomic mass is 79.9. The van der Waals surface area contributed by atoms with Crippen LogP contribution in [0.15, 0.2) is 34.2 Å². The number of nitrogens with one attached hydrogen (secondary N) is 2. The molecule has 2 heterocycles. The van der Waals surface area contributed by atoms with Crippen LogP contribution >= 0.6 is 27.3 Å². The topological polar surface area (TPSA) is 54.0 Å². The minimum absolute atomic E-state index is 0.0180. The fraction of sp³-hybridized carbons (Fsp3) is 0.333. The normalized spacial score (nSPS) is 12.0. The average Bonchev–Trinajstić information content (AvgIpc) is 3.00. The molecule has 112 valence electrons. The predicted molar refractivity (Wildman–Crippen MR) is 90.9 cm³/mol. The van der Waals surface area contributed by atoms with Crippen LogP contribution in [0.4, 0.5) is 5.82 Å². The van der Waals surface area contributed by atoms with E-state index in [0.717, 1.165) is 22.3 Å². The number of carbonyl (C=O) groups is 1. The van der Waals surface area contributed by atoms with Crippen LogP contribution in [0.25, 0.3) is 0 Å². The number of carbonyl (C=O) groups excluding carboxylic acids is 1. The lowest BCUT2D eigenvalue weighted by Gasteiger charge is -2.15. The van der Waals surface area contributed by atoms with Gasteiger partial charge in [-0.25, -0.2) is 4.98 Å². The quantitative estimate of drug-likeness (QED) is 0.803. The molecule has 0 saturated heterocycles. The minimum Gasteiger partial charge on any atom is -0.369 e. The zero-order valence-electron chi connectivity index (χ0n) is 12.0. The van der Waals surface area contributed by atoms with Crippen LogP contribution in [0.2, 0.25) is 0 Å². The summed E-state index contributed by atoms with van der Waals surface area (Å²) in [5.74, 6) is 0.499. The third kappa shape index (κ3) is 4.28. The van der Waals surface area contributed by atoms with Crippen molar-refractivity contribution >= 4 is 39.0 Å². The molecule has 0 aliphatic rings. The molecule has 0 fully saturated rings. The maximum atomic E-state index is 12.5. The van der Waals surface area contributed by atoms with E-state index in [2.05, 4.69) is 38.5 Å².